The van der Waals surface area contributed by atoms with Crippen molar-refractivity contribution in [3.05, 3.63) is 11.9 Å². The summed E-state index contributed by atoms with van der Waals surface area (Å²) in [5.41, 5.74) is 0.102. The Morgan fingerprint density at radius 3 is 2.61 bits per heavy atom. The van der Waals surface area contributed by atoms with Crippen molar-refractivity contribution in [2.45, 2.75) is 31.6 Å². The van der Waals surface area contributed by atoms with Crippen LogP contribution in [-0.4, -0.2) is 35.3 Å². The largest absolute Gasteiger partial charge is 0.396 e. The Morgan fingerprint density at radius 1 is 1.33 bits per heavy atom. The monoisotopic (exact) mass is 248 g/mol. The minimum Gasteiger partial charge on any atom is -0.396 e. The van der Waals surface area contributed by atoms with Gasteiger partial charge in [-0.15, -0.1) is 0 Å². The molecule has 2 aliphatic carbocycles. The fraction of sp³-hybridized carbons (Fsp3) is 0.692. The lowest BCUT2D eigenvalue weighted by Crippen LogP contribution is -2.20. The van der Waals surface area contributed by atoms with Crippen molar-refractivity contribution in [1.29, 1.82) is 0 Å². The molecule has 3 rings (SSSR count). The molecule has 0 spiro atoms. The SMILES string of the molecule is CNc1cc(NCC2(CO)CC2)nc(C2CC2)n1. The predicted octanol–water partition coefficient (Wildman–Crippen LogP) is 1.58. The van der Waals surface area contributed by atoms with Crippen LogP contribution in [0.5, 0.6) is 0 Å². The minimum absolute atomic E-state index is 0.102. The van der Waals surface area contributed by atoms with Gasteiger partial charge in [0.2, 0.25) is 0 Å². The summed E-state index contributed by atoms with van der Waals surface area (Å²) in [6, 6.07) is 1.93. The summed E-state index contributed by atoms with van der Waals surface area (Å²) < 4.78 is 0. The van der Waals surface area contributed by atoms with E-state index in [1.807, 2.05) is 13.1 Å². The predicted molar refractivity (Wildman–Crippen MR) is 70.8 cm³/mol. The second kappa shape index (κ2) is 4.39. The summed E-state index contributed by atoms with van der Waals surface area (Å²) in [4.78, 5) is 9.05. The summed E-state index contributed by atoms with van der Waals surface area (Å²) >= 11 is 0. The summed E-state index contributed by atoms with van der Waals surface area (Å²) in [5, 5.41) is 15.7. The first-order valence-electron chi connectivity index (χ1n) is 6.66. The van der Waals surface area contributed by atoms with Crippen LogP contribution in [-0.2, 0) is 0 Å². The lowest BCUT2D eigenvalue weighted by atomic mass is 10.1. The molecule has 5 heteroatoms. The zero-order chi connectivity index (χ0) is 12.6. The summed E-state index contributed by atoms with van der Waals surface area (Å²) in [6.07, 6.45) is 4.62. The number of aromatic nitrogens is 2. The van der Waals surface area contributed by atoms with Gasteiger partial charge in [-0.1, -0.05) is 0 Å². The minimum atomic E-state index is 0.102. The number of nitrogens with one attached hydrogen (secondary N) is 2. The van der Waals surface area contributed by atoms with Gasteiger partial charge in [0.1, 0.15) is 17.5 Å². The first kappa shape index (κ1) is 11.7. The van der Waals surface area contributed by atoms with Crippen LogP contribution in [0, 0.1) is 5.41 Å². The third-order valence-electron chi connectivity index (χ3n) is 3.88. The van der Waals surface area contributed by atoms with Crippen LogP contribution >= 0.6 is 0 Å². The lowest BCUT2D eigenvalue weighted by Gasteiger charge is -2.14. The van der Waals surface area contributed by atoms with Crippen molar-refractivity contribution >= 4 is 11.6 Å². The van der Waals surface area contributed by atoms with E-state index in [4.69, 9.17) is 0 Å². The summed E-state index contributed by atoms with van der Waals surface area (Å²) in [6.45, 7) is 1.06. The lowest BCUT2D eigenvalue weighted by molar-refractivity contribution is 0.219. The van der Waals surface area contributed by atoms with Crippen molar-refractivity contribution in [1.82, 2.24) is 9.97 Å². The third-order valence-corrected chi connectivity index (χ3v) is 3.88. The molecule has 0 unspecified atom stereocenters. The van der Waals surface area contributed by atoms with Crippen LogP contribution in [0.2, 0.25) is 0 Å². The van der Waals surface area contributed by atoms with Crippen LogP contribution in [0.25, 0.3) is 0 Å². The van der Waals surface area contributed by atoms with E-state index in [0.29, 0.717) is 5.92 Å². The van der Waals surface area contributed by atoms with Crippen LogP contribution in [0.1, 0.15) is 37.4 Å². The maximum atomic E-state index is 9.30. The third kappa shape index (κ3) is 2.41. The molecule has 3 N–H and O–H groups in total. The number of anilines is 2. The fourth-order valence-corrected chi connectivity index (χ4v) is 2.05. The Hall–Kier alpha value is -1.36. The molecule has 1 heterocycles. The number of aliphatic hydroxyl groups excluding tert-OH is 1. The highest BCUT2D eigenvalue weighted by Crippen LogP contribution is 2.45. The highest BCUT2D eigenvalue weighted by atomic mass is 16.3. The van der Waals surface area contributed by atoms with Gasteiger partial charge in [0, 0.05) is 31.0 Å². The maximum absolute atomic E-state index is 9.30. The first-order chi connectivity index (χ1) is 8.74. The Morgan fingerprint density at radius 2 is 2.06 bits per heavy atom. The zero-order valence-electron chi connectivity index (χ0n) is 10.7. The number of hydrogen-bond acceptors (Lipinski definition) is 5. The fourth-order valence-electron chi connectivity index (χ4n) is 2.05. The molecule has 0 amide bonds. The van der Waals surface area contributed by atoms with E-state index in [1.165, 1.54) is 12.8 Å². The van der Waals surface area contributed by atoms with E-state index in [9.17, 15) is 5.11 Å². The number of nitrogens with zero attached hydrogens (tertiary/aromatic N) is 2. The summed E-state index contributed by atoms with van der Waals surface area (Å²) in [7, 11) is 1.87. The van der Waals surface area contributed by atoms with Gasteiger partial charge in [-0.25, -0.2) is 9.97 Å². The van der Waals surface area contributed by atoms with E-state index < -0.39 is 0 Å². The Bertz CT molecular complexity index is 441. The van der Waals surface area contributed by atoms with E-state index in [1.54, 1.807) is 0 Å². The normalized spacial score (nSPS) is 20.6. The molecule has 0 radical (unpaired) electrons. The number of rotatable bonds is 6. The molecule has 18 heavy (non-hydrogen) atoms. The van der Waals surface area contributed by atoms with Gasteiger partial charge in [0.05, 0.1) is 6.61 Å². The van der Waals surface area contributed by atoms with Crippen molar-refractivity contribution in [2.24, 2.45) is 5.41 Å². The average Bonchev–Trinajstić information content (AvgIpc) is 3.30. The van der Waals surface area contributed by atoms with Crippen molar-refractivity contribution in [3.63, 3.8) is 0 Å². The second-order valence-electron chi connectivity index (χ2n) is 5.53. The molecule has 98 valence electrons. The van der Waals surface area contributed by atoms with Gasteiger partial charge >= 0.3 is 0 Å². The first-order valence-corrected chi connectivity index (χ1v) is 6.66. The van der Waals surface area contributed by atoms with Gasteiger partial charge in [-0.2, -0.15) is 0 Å². The van der Waals surface area contributed by atoms with Crippen molar-refractivity contribution < 1.29 is 5.11 Å². The molecule has 1 aromatic heterocycles. The van der Waals surface area contributed by atoms with Gasteiger partial charge < -0.3 is 15.7 Å². The van der Waals surface area contributed by atoms with Gasteiger partial charge in [-0.3, -0.25) is 0 Å². The molecule has 0 aromatic carbocycles. The number of hydrogen-bond donors (Lipinski definition) is 3. The van der Waals surface area contributed by atoms with Gasteiger partial charge in [0.25, 0.3) is 0 Å². The molecule has 5 nitrogen and oxygen atoms in total. The molecular weight excluding hydrogens is 228 g/mol. The van der Waals surface area contributed by atoms with Gasteiger partial charge in [-0.05, 0) is 25.7 Å². The maximum Gasteiger partial charge on any atom is 0.136 e. The van der Waals surface area contributed by atoms with Crippen molar-refractivity contribution in [3.8, 4) is 0 Å². The van der Waals surface area contributed by atoms with E-state index in [2.05, 4.69) is 20.6 Å². The molecule has 0 bridgehead atoms. The number of aliphatic hydroxyl groups is 1. The molecule has 0 aliphatic heterocycles. The van der Waals surface area contributed by atoms with Crippen molar-refractivity contribution in [2.75, 3.05) is 30.8 Å². The van der Waals surface area contributed by atoms with E-state index in [-0.39, 0.29) is 12.0 Å². The topological polar surface area (TPSA) is 70.1 Å². The zero-order valence-corrected chi connectivity index (χ0v) is 10.7. The average molecular weight is 248 g/mol. The standard InChI is InChI=1S/C13H20N4O/c1-14-10-6-11(15-7-13(8-18)4-5-13)17-12(16-10)9-2-3-9/h6,9,18H,2-5,7-8H2,1H3,(H2,14,15,16,17). The summed E-state index contributed by atoms with van der Waals surface area (Å²) in [5.74, 6) is 3.23. The van der Waals surface area contributed by atoms with Gasteiger partial charge in [0.15, 0.2) is 0 Å². The van der Waals surface area contributed by atoms with Crippen LogP contribution in [0.4, 0.5) is 11.6 Å². The molecule has 2 saturated carbocycles. The van der Waals surface area contributed by atoms with Crippen LogP contribution in [0.15, 0.2) is 6.07 Å². The molecular formula is C13H20N4O. The smallest absolute Gasteiger partial charge is 0.136 e. The molecule has 0 atom stereocenters. The molecule has 2 fully saturated rings. The highest BCUT2D eigenvalue weighted by molar-refractivity contribution is 5.48. The van der Waals surface area contributed by atoms with Crippen LogP contribution in [0.3, 0.4) is 0 Å². The Kier molecular flexibility index (Phi) is 2.86. The van der Waals surface area contributed by atoms with Crippen LogP contribution < -0.4 is 10.6 Å². The highest BCUT2D eigenvalue weighted by Gasteiger charge is 2.41. The molecule has 0 saturated heterocycles. The molecule has 1 aromatic rings. The second-order valence-corrected chi connectivity index (χ2v) is 5.53. The molecule has 2 aliphatic rings. The quantitative estimate of drug-likeness (QED) is 0.713. The van der Waals surface area contributed by atoms with E-state index in [0.717, 1.165) is 36.8 Å². The Balaban J connectivity index is 1.72. The van der Waals surface area contributed by atoms with E-state index >= 15 is 0 Å². The Labute approximate surface area is 107 Å².